The molecule has 0 radical (unpaired) electrons. The van der Waals surface area contributed by atoms with E-state index in [0.29, 0.717) is 0 Å². The van der Waals surface area contributed by atoms with Gasteiger partial charge in [0.2, 0.25) is 6.04 Å². The van der Waals surface area contributed by atoms with Crippen LogP contribution in [0.15, 0.2) is 18.5 Å². The molecule has 7 nitrogen and oxygen atoms in total. The number of hydrogen-bond donors (Lipinski definition) is 1. The Morgan fingerprint density at radius 3 is 2.19 bits per heavy atom. The summed E-state index contributed by atoms with van der Waals surface area (Å²) in [6.07, 6.45) is 2.93. The summed E-state index contributed by atoms with van der Waals surface area (Å²) < 4.78 is 9.52. The molecule has 21 heavy (non-hydrogen) atoms. The molecule has 0 aliphatic heterocycles. The minimum absolute atomic E-state index is 0.0939. The van der Waals surface area contributed by atoms with Crippen LogP contribution in [0.4, 0.5) is 0 Å². The van der Waals surface area contributed by atoms with E-state index < -0.39 is 23.9 Å². The smallest absolute Gasteiger partial charge is 0.340 e. The molecule has 0 fully saturated rings. The van der Waals surface area contributed by atoms with E-state index >= 15 is 0 Å². The van der Waals surface area contributed by atoms with Crippen LogP contribution in [0.3, 0.4) is 0 Å². The molecule has 114 valence electrons. The Morgan fingerprint density at radius 2 is 1.71 bits per heavy atom. The first-order valence-corrected chi connectivity index (χ1v) is 6.55. The van der Waals surface area contributed by atoms with Gasteiger partial charge >= 0.3 is 11.9 Å². The number of aryl methyl sites for hydroxylation is 1. The minimum Gasteiger partial charge on any atom is -0.464 e. The van der Waals surface area contributed by atoms with Crippen LogP contribution >= 0.6 is 0 Å². The highest BCUT2D eigenvalue weighted by Gasteiger charge is 2.31. The largest absolute Gasteiger partial charge is 0.464 e. The number of pyridine rings is 1. The molecule has 0 bridgehead atoms. The lowest BCUT2D eigenvalue weighted by Gasteiger charge is -2.15. The standard InChI is InChI=1S/C14H18N2O5/c1-4-20-13(18)11(14(19)21-5-2)16-12(17)10-6-9(3)7-15-8-10/h6-8,11H,4-5H2,1-3H3,(H,16,17). The predicted octanol–water partition coefficient (Wildman–Crippen LogP) is 0.615. The van der Waals surface area contributed by atoms with E-state index in [0.717, 1.165) is 5.56 Å². The molecule has 1 rings (SSSR count). The molecule has 0 aliphatic carbocycles. The molecular weight excluding hydrogens is 276 g/mol. The van der Waals surface area contributed by atoms with Gasteiger partial charge in [-0.15, -0.1) is 0 Å². The van der Waals surface area contributed by atoms with Crippen molar-refractivity contribution >= 4 is 17.8 Å². The van der Waals surface area contributed by atoms with Crippen LogP contribution in [0.25, 0.3) is 0 Å². The SMILES string of the molecule is CCOC(=O)C(NC(=O)c1cncc(C)c1)C(=O)OCC. The van der Waals surface area contributed by atoms with Gasteiger partial charge in [0.25, 0.3) is 5.91 Å². The number of nitrogens with one attached hydrogen (secondary N) is 1. The molecular formula is C14H18N2O5. The number of nitrogens with zero attached hydrogens (tertiary/aromatic N) is 1. The summed E-state index contributed by atoms with van der Waals surface area (Å²) in [5, 5.41) is 2.30. The van der Waals surface area contributed by atoms with Gasteiger partial charge in [-0.2, -0.15) is 0 Å². The summed E-state index contributed by atoms with van der Waals surface area (Å²) in [5.41, 5.74) is 1.03. The molecule has 0 saturated heterocycles. The number of ether oxygens (including phenoxy) is 2. The van der Waals surface area contributed by atoms with Gasteiger partial charge < -0.3 is 14.8 Å². The second-order valence-corrected chi connectivity index (χ2v) is 4.16. The summed E-state index contributed by atoms with van der Waals surface area (Å²) in [5.74, 6) is -2.31. The van der Waals surface area contributed by atoms with E-state index in [9.17, 15) is 14.4 Å². The van der Waals surface area contributed by atoms with Gasteiger partial charge in [-0.05, 0) is 32.4 Å². The first kappa shape index (κ1) is 16.6. The third-order valence-electron chi connectivity index (χ3n) is 2.46. The zero-order valence-corrected chi connectivity index (χ0v) is 12.2. The highest BCUT2D eigenvalue weighted by molar-refractivity contribution is 6.05. The number of carbonyl (C=O) groups is 3. The van der Waals surface area contributed by atoms with Crippen LogP contribution in [-0.4, -0.2) is 42.1 Å². The average molecular weight is 294 g/mol. The molecule has 0 aromatic carbocycles. The lowest BCUT2D eigenvalue weighted by Crippen LogP contribution is -2.48. The Morgan fingerprint density at radius 1 is 1.14 bits per heavy atom. The van der Waals surface area contributed by atoms with Crippen molar-refractivity contribution in [3.05, 3.63) is 29.6 Å². The van der Waals surface area contributed by atoms with Crippen LogP contribution in [0.1, 0.15) is 29.8 Å². The first-order valence-electron chi connectivity index (χ1n) is 6.55. The third kappa shape index (κ3) is 4.87. The number of amides is 1. The average Bonchev–Trinajstić information content (AvgIpc) is 2.44. The molecule has 0 spiro atoms. The van der Waals surface area contributed by atoms with Gasteiger partial charge in [-0.25, -0.2) is 9.59 Å². The van der Waals surface area contributed by atoms with Crippen LogP contribution in [-0.2, 0) is 19.1 Å². The summed E-state index contributed by atoms with van der Waals surface area (Å²) in [6.45, 7) is 5.17. The van der Waals surface area contributed by atoms with Crippen LogP contribution < -0.4 is 5.32 Å². The van der Waals surface area contributed by atoms with E-state index in [-0.39, 0.29) is 18.8 Å². The number of carbonyl (C=O) groups excluding carboxylic acids is 3. The van der Waals surface area contributed by atoms with Crippen LogP contribution in [0.2, 0.25) is 0 Å². The van der Waals surface area contributed by atoms with Gasteiger partial charge in [0.1, 0.15) is 0 Å². The van der Waals surface area contributed by atoms with Crippen molar-refractivity contribution < 1.29 is 23.9 Å². The topological polar surface area (TPSA) is 94.6 Å². The molecule has 0 unspecified atom stereocenters. The van der Waals surface area contributed by atoms with Gasteiger partial charge in [0.15, 0.2) is 0 Å². The molecule has 1 aromatic rings. The van der Waals surface area contributed by atoms with Crippen LogP contribution in [0, 0.1) is 6.92 Å². The highest BCUT2D eigenvalue weighted by Crippen LogP contribution is 2.03. The Kier molecular flexibility index (Phi) is 6.32. The van der Waals surface area contributed by atoms with Gasteiger partial charge in [-0.1, -0.05) is 0 Å². The Labute approximate surface area is 122 Å². The van der Waals surface area contributed by atoms with E-state index in [2.05, 4.69) is 10.3 Å². The quantitative estimate of drug-likeness (QED) is 0.610. The molecule has 0 aliphatic rings. The fourth-order valence-corrected chi connectivity index (χ4v) is 1.56. The van der Waals surface area contributed by atoms with Crippen molar-refractivity contribution in [3.8, 4) is 0 Å². The first-order chi connectivity index (χ1) is 9.99. The number of hydrogen-bond acceptors (Lipinski definition) is 6. The fraction of sp³-hybridized carbons (Fsp3) is 0.429. The van der Waals surface area contributed by atoms with E-state index in [1.165, 1.54) is 6.20 Å². The maximum atomic E-state index is 12.1. The number of aromatic nitrogens is 1. The molecule has 0 saturated carbocycles. The minimum atomic E-state index is -1.49. The monoisotopic (exact) mass is 294 g/mol. The summed E-state index contributed by atoms with van der Waals surface area (Å²) in [6, 6.07) is 0.105. The summed E-state index contributed by atoms with van der Waals surface area (Å²) in [4.78, 5) is 39.4. The van der Waals surface area contributed by atoms with E-state index in [1.807, 2.05) is 0 Å². The lowest BCUT2D eigenvalue weighted by atomic mass is 10.2. The van der Waals surface area contributed by atoms with Crippen molar-refractivity contribution in [1.82, 2.24) is 10.3 Å². The fourth-order valence-electron chi connectivity index (χ4n) is 1.56. The molecule has 1 aromatic heterocycles. The Hall–Kier alpha value is -2.44. The van der Waals surface area contributed by atoms with Crippen molar-refractivity contribution in [3.63, 3.8) is 0 Å². The third-order valence-corrected chi connectivity index (χ3v) is 2.46. The molecule has 0 atom stereocenters. The van der Waals surface area contributed by atoms with Gasteiger partial charge in [0, 0.05) is 12.4 Å². The normalized spacial score (nSPS) is 10.1. The molecule has 1 amide bonds. The summed E-state index contributed by atoms with van der Waals surface area (Å²) >= 11 is 0. The second-order valence-electron chi connectivity index (χ2n) is 4.16. The zero-order chi connectivity index (χ0) is 15.8. The van der Waals surface area contributed by atoms with Crippen molar-refractivity contribution in [2.45, 2.75) is 26.8 Å². The molecule has 1 heterocycles. The highest BCUT2D eigenvalue weighted by atomic mass is 16.6. The van der Waals surface area contributed by atoms with Crippen molar-refractivity contribution in [2.24, 2.45) is 0 Å². The predicted molar refractivity (Wildman–Crippen MR) is 73.5 cm³/mol. The van der Waals surface area contributed by atoms with E-state index in [1.54, 1.807) is 33.0 Å². The van der Waals surface area contributed by atoms with Gasteiger partial charge in [0.05, 0.1) is 18.8 Å². The molecule has 1 N–H and O–H groups in total. The van der Waals surface area contributed by atoms with Crippen LogP contribution in [0.5, 0.6) is 0 Å². The van der Waals surface area contributed by atoms with Gasteiger partial charge in [-0.3, -0.25) is 9.78 Å². The van der Waals surface area contributed by atoms with Crippen molar-refractivity contribution in [1.29, 1.82) is 0 Å². The number of rotatable bonds is 6. The second kappa shape index (κ2) is 7.98. The summed E-state index contributed by atoms with van der Waals surface area (Å²) in [7, 11) is 0. The maximum Gasteiger partial charge on any atom is 0.340 e. The maximum absolute atomic E-state index is 12.1. The lowest BCUT2D eigenvalue weighted by molar-refractivity contribution is -0.157. The Bertz CT molecular complexity index is 512. The number of esters is 2. The zero-order valence-electron chi connectivity index (χ0n) is 12.2. The van der Waals surface area contributed by atoms with Crippen molar-refractivity contribution in [2.75, 3.05) is 13.2 Å². The molecule has 7 heteroatoms. The van der Waals surface area contributed by atoms with E-state index in [4.69, 9.17) is 9.47 Å². The Balaban J connectivity index is 2.87.